The highest BCUT2D eigenvalue weighted by atomic mass is 32.1. The lowest BCUT2D eigenvalue weighted by Gasteiger charge is -2.15. The monoisotopic (exact) mass is 496 g/mol. The number of benzene rings is 3. The van der Waals surface area contributed by atoms with E-state index in [1.165, 1.54) is 7.11 Å². The topological polar surface area (TPSA) is 101 Å². The van der Waals surface area contributed by atoms with Gasteiger partial charge in [0.25, 0.3) is 11.8 Å². The number of hydrazine groups is 1. The Bertz CT molecular complexity index is 1470. The average molecular weight is 497 g/mol. The highest BCUT2D eigenvalue weighted by molar-refractivity contribution is 7.10. The zero-order chi connectivity index (χ0) is 24.9. The summed E-state index contributed by atoms with van der Waals surface area (Å²) in [6.45, 7) is 0. The minimum absolute atomic E-state index is 0.179. The van der Waals surface area contributed by atoms with Crippen molar-refractivity contribution in [3.8, 4) is 22.4 Å². The van der Waals surface area contributed by atoms with Crippen LogP contribution in [0.2, 0.25) is 0 Å². The van der Waals surface area contributed by atoms with Crippen LogP contribution < -0.4 is 5.43 Å². The minimum Gasteiger partial charge on any atom is -0.468 e. The molecule has 178 valence electrons. The zero-order valence-corrected chi connectivity index (χ0v) is 20.0. The smallest absolute Gasteiger partial charge is 0.316 e. The first kappa shape index (κ1) is 22.1. The van der Waals surface area contributed by atoms with Gasteiger partial charge in [0, 0.05) is 17.1 Å². The summed E-state index contributed by atoms with van der Waals surface area (Å²) in [5.41, 5.74) is 7.50. The average Bonchev–Trinajstić information content (AvgIpc) is 3.55. The van der Waals surface area contributed by atoms with Crippen molar-refractivity contribution < 1.29 is 19.1 Å². The minimum atomic E-state index is -0.488. The normalized spacial score (nSPS) is 15.5. The van der Waals surface area contributed by atoms with E-state index >= 15 is 0 Å². The molecule has 2 aliphatic rings. The van der Waals surface area contributed by atoms with Gasteiger partial charge >= 0.3 is 5.97 Å². The quantitative estimate of drug-likeness (QED) is 0.305. The van der Waals surface area contributed by atoms with Crippen LogP contribution in [0.1, 0.15) is 39.1 Å². The summed E-state index contributed by atoms with van der Waals surface area (Å²) in [6.07, 6.45) is 1.62. The molecule has 4 aromatic rings. The predicted molar refractivity (Wildman–Crippen MR) is 134 cm³/mol. The number of anilines is 1. The molecular weight excluding hydrogens is 476 g/mol. The Morgan fingerprint density at radius 3 is 2.00 bits per heavy atom. The third kappa shape index (κ3) is 3.47. The first-order chi connectivity index (χ1) is 17.5. The van der Waals surface area contributed by atoms with Crippen molar-refractivity contribution in [3.63, 3.8) is 0 Å². The largest absolute Gasteiger partial charge is 0.468 e. The van der Waals surface area contributed by atoms with Crippen molar-refractivity contribution in [1.82, 2.24) is 14.6 Å². The summed E-state index contributed by atoms with van der Waals surface area (Å²) >= 11 is 1.07. The van der Waals surface area contributed by atoms with Crippen molar-refractivity contribution in [2.24, 2.45) is 0 Å². The second kappa shape index (κ2) is 8.39. The molecule has 9 heteroatoms. The fourth-order valence-corrected chi connectivity index (χ4v) is 5.16. The molecule has 6 rings (SSSR count). The highest BCUT2D eigenvalue weighted by Gasteiger charge is 2.52. The molecule has 1 N–H and O–H groups in total. The molecule has 0 atom stereocenters. The molecule has 36 heavy (non-hydrogen) atoms. The summed E-state index contributed by atoms with van der Waals surface area (Å²) in [4.78, 5) is 37.6. The number of hydrogen-bond donors (Lipinski definition) is 1. The van der Waals surface area contributed by atoms with E-state index < -0.39 is 17.2 Å². The van der Waals surface area contributed by atoms with Crippen LogP contribution in [0, 0.1) is 0 Å². The summed E-state index contributed by atoms with van der Waals surface area (Å²) in [7, 11) is 1.43. The third-order valence-corrected chi connectivity index (χ3v) is 7.38. The molecule has 0 bridgehead atoms. The Labute approximate surface area is 210 Å². The van der Waals surface area contributed by atoms with Crippen molar-refractivity contribution in [3.05, 3.63) is 89.5 Å². The maximum atomic E-state index is 12.7. The Morgan fingerprint density at radius 2 is 1.44 bits per heavy atom. The van der Waals surface area contributed by atoms with E-state index in [0.717, 1.165) is 51.6 Å². The number of carbonyl (C=O) groups is 3. The Morgan fingerprint density at radius 1 is 0.889 bits per heavy atom. The molecule has 1 aliphatic carbocycles. The van der Waals surface area contributed by atoms with E-state index in [-0.39, 0.29) is 5.97 Å². The van der Waals surface area contributed by atoms with Crippen LogP contribution in [0.4, 0.5) is 5.00 Å². The maximum Gasteiger partial charge on any atom is 0.316 e. The summed E-state index contributed by atoms with van der Waals surface area (Å²) in [6, 6.07) is 22.5. The first-order valence-electron chi connectivity index (χ1n) is 11.4. The molecule has 0 spiro atoms. The van der Waals surface area contributed by atoms with Gasteiger partial charge in [0.2, 0.25) is 0 Å². The second-order valence-electron chi connectivity index (χ2n) is 8.78. The van der Waals surface area contributed by atoms with Crippen LogP contribution in [-0.4, -0.2) is 39.5 Å². The van der Waals surface area contributed by atoms with E-state index in [0.29, 0.717) is 21.8 Å². The van der Waals surface area contributed by atoms with Gasteiger partial charge < -0.3 is 4.74 Å². The standard InChI is InChI=1S/C27H20N4O4S/c1-35-26(34)27(14-15-27)19-12-10-17(11-13-19)16-6-8-18(9-7-16)22-23(36-30-28-22)29-31-24(32)20-4-2-3-5-21(20)25(31)33/h2-13,29H,14-15H2,1H3. The van der Waals surface area contributed by atoms with Crippen LogP contribution >= 0.6 is 11.5 Å². The number of fused-ring (bicyclic) bond motifs is 1. The summed E-state index contributed by atoms with van der Waals surface area (Å²) in [5, 5.41) is 5.71. The number of hydrogen-bond acceptors (Lipinski definition) is 8. The molecule has 1 aromatic heterocycles. The van der Waals surface area contributed by atoms with Crippen LogP contribution in [0.25, 0.3) is 22.4 Å². The van der Waals surface area contributed by atoms with E-state index in [9.17, 15) is 14.4 Å². The molecule has 3 aromatic carbocycles. The SMILES string of the molecule is COC(=O)C1(c2ccc(-c3ccc(-c4nnsc4NN4C(=O)c5ccccc5C4=O)cc3)cc2)CC1. The number of amides is 2. The molecule has 1 fully saturated rings. The molecule has 0 unspecified atom stereocenters. The molecule has 1 saturated carbocycles. The van der Waals surface area contributed by atoms with Gasteiger partial charge in [0.05, 0.1) is 23.7 Å². The molecule has 0 radical (unpaired) electrons. The van der Waals surface area contributed by atoms with Gasteiger partial charge in [-0.2, -0.15) is 5.01 Å². The van der Waals surface area contributed by atoms with Crippen LogP contribution in [-0.2, 0) is 14.9 Å². The lowest BCUT2D eigenvalue weighted by molar-refractivity contribution is -0.143. The number of carbonyl (C=O) groups excluding carboxylic acids is 3. The number of methoxy groups -OCH3 is 1. The molecular formula is C27H20N4O4S. The van der Waals surface area contributed by atoms with Gasteiger partial charge in [-0.1, -0.05) is 65.2 Å². The van der Waals surface area contributed by atoms with Crippen LogP contribution in [0.3, 0.4) is 0 Å². The number of ether oxygens (including phenoxy) is 1. The van der Waals surface area contributed by atoms with Gasteiger partial charge in [-0.25, -0.2) is 0 Å². The number of nitrogens with one attached hydrogen (secondary N) is 1. The number of aromatic nitrogens is 2. The molecule has 2 amide bonds. The number of esters is 1. The number of imide groups is 1. The first-order valence-corrected chi connectivity index (χ1v) is 12.2. The van der Waals surface area contributed by atoms with Gasteiger partial charge in [-0.05, 0) is 41.7 Å². The van der Waals surface area contributed by atoms with Crippen molar-refractivity contribution in [1.29, 1.82) is 0 Å². The van der Waals surface area contributed by atoms with Crippen molar-refractivity contribution >= 4 is 34.3 Å². The van der Waals surface area contributed by atoms with E-state index in [4.69, 9.17) is 4.74 Å². The predicted octanol–water partition coefficient (Wildman–Crippen LogP) is 4.70. The third-order valence-electron chi connectivity index (χ3n) is 6.75. The van der Waals surface area contributed by atoms with Crippen LogP contribution in [0.15, 0.2) is 72.8 Å². The number of nitrogens with zero attached hydrogens (tertiary/aromatic N) is 3. The number of rotatable bonds is 6. The van der Waals surface area contributed by atoms with Gasteiger partial charge in [-0.15, -0.1) is 5.10 Å². The fraction of sp³-hybridized carbons (Fsp3) is 0.148. The van der Waals surface area contributed by atoms with Crippen molar-refractivity contribution in [2.75, 3.05) is 12.5 Å². The second-order valence-corrected chi connectivity index (χ2v) is 9.54. The lowest BCUT2D eigenvalue weighted by atomic mass is 9.93. The summed E-state index contributed by atoms with van der Waals surface area (Å²) in [5.74, 6) is -0.995. The molecule has 8 nitrogen and oxygen atoms in total. The fourth-order valence-electron chi connectivity index (χ4n) is 4.58. The maximum absolute atomic E-state index is 12.7. The van der Waals surface area contributed by atoms with Crippen LogP contribution in [0.5, 0.6) is 0 Å². The van der Waals surface area contributed by atoms with Gasteiger partial charge in [0.1, 0.15) is 5.69 Å². The van der Waals surface area contributed by atoms with Gasteiger partial charge in [0.15, 0.2) is 5.00 Å². The Balaban J connectivity index is 1.21. The highest BCUT2D eigenvalue weighted by Crippen LogP contribution is 2.49. The molecule has 0 saturated heterocycles. The molecule has 2 heterocycles. The Kier molecular flexibility index (Phi) is 5.15. The van der Waals surface area contributed by atoms with E-state index in [1.54, 1.807) is 24.3 Å². The van der Waals surface area contributed by atoms with E-state index in [1.807, 2.05) is 48.5 Å². The summed E-state index contributed by atoms with van der Waals surface area (Å²) < 4.78 is 9.00. The Hall–Kier alpha value is -4.37. The van der Waals surface area contributed by atoms with Crippen molar-refractivity contribution in [2.45, 2.75) is 18.3 Å². The lowest BCUT2D eigenvalue weighted by Crippen LogP contribution is -2.35. The molecule has 1 aliphatic heterocycles. The van der Waals surface area contributed by atoms with Gasteiger partial charge in [-0.3, -0.25) is 19.8 Å². The van der Waals surface area contributed by atoms with E-state index in [2.05, 4.69) is 15.0 Å². The zero-order valence-electron chi connectivity index (χ0n) is 19.2.